The van der Waals surface area contributed by atoms with Gasteiger partial charge in [0, 0.05) is 13.2 Å². The van der Waals surface area contributed by atoms with Crippen LogP contribution in [0.3, 0.4) is 0 Å². The zero-order valence-corrected chi connectivity index (χ0v) is 17.4. The van der Waals surface area contributed by atoms with E-state index in [0.717, 1.165) is 69.3 Å². The van der Waals surface area contributed by atoms with Crippen LogP contribution in [0, 0.1) is 5.92 Å². The van der Waals surface area contributed by atoms with Gasteiger partial charge in [-0.1, -0.05) is 12.1 Å². The number of hydrogen-bond acceptors (Lipinski definition) is 5. The monoisotopic (exact) mass is 406 g/mol. The van der Waals surface area contributed by atoms with Crippen molar-refractivity contribution in [2.24, 2.45) is 5.92 Å². The van der Waals surface area contributed by atoms with Crippen molar-refractivity contribution in [3.8, 4) is 0 Å². The Morgan fingerprint density at radius 2 is 1.86 bits per heavy atom. The Balaban J connectivity index is 1.65. The highest BCUT2D eigenvalue weighted by atomic mass is 32.2. The molecule has 1 aliphatic heterocycles. The van der Waals surface area contributed by atoms with Crippen LogP contribution >= 0.6 is 0 Å². The summed E-state index contributed by atoms with van der Waals surface area (Å²) < 4.78 is 36.6. The molecule has 154 valence electrons. The van der Waals surface area contributed by atoms with Gasteiger partial charge in [-0.2, -0.15) is 0 Å². The predicted molar refractivity (Wildman–Crippen MR) is 106 cm³/mol. The molecule has 5 nitrogen and oxygen atoms in total. The van der Waals surface area contributed by atoms with Gasteiger partial charge in [-0.25, -0.2) is 8.42 Å². The Bertz CT molecular complexity index is 817. The SMILES string of the molecule is CCOC(=O)C(CC1CCOCC1)c1ccc(S(=O)(=O)C2CC2)c(C2CC2)c1. The first-order chi connectivity index (χ1) is 13.5. The fourth-order valence-electron chi connectivity index (χ4n) is 4.24. The summed E-state index contributed by atoms with van der Waals surface area (Å²) in [5.74, 6) is 0.212. The number of carbonyl (C=O) groups excluding carboxylic acids is 1. The molecule has 1 heterocycles. The molecule has 0 spiro atoms. The minimum absolute atomic E-state index is 0.200. The molecular weight excluding hydrogens is 376 g/mol. The van der Waals surface area contributed by atoms with E-state index in [9.17, 15) is 13.2 Å². The highest BCUT2D eigenvalue weighted by Crippen LogP contribution is 2.46. The molecule has 3 fully saturated rings. The van der Waals surface area contributed by atoms with E-state index >= 15 is 0 Å². The van der Waals surface area contributed by atoms with Crippen LogP contribution in [-0.2, 0) is 24.1 Å². The van der Waals surface area contributed by atoms with E-state index < -0.39 is 9.84 Å². The second-order valence-electron chi connectivity index (χ2n) is 8.41. The predicted octanol–water partition coefficient (Wildman–Crippen LogP) is 3.96. The normalized spacial score (nSPS) is 22.0. The number of esters is 1. The van der Waals surface area contributed by atoms with Crippen molar-refractivity contribution in [2.45, 2.75) is 73.9 Å². The Hall–Kier alpha value is -1.40. The summed E-state index contributed by atoms with van der Waals surface area (Å²) in [7, 11) is -3.23. The lowest BCUT2D eigenvalue weighted by Gasteiger charge is -2.26. The fraction of sp³-hybridized carbons (Fsp3) is 0.682. The number of hydrogen-bond donors (Lipinski definition) is 0. The van der Waals surface area contributed by atoms with E-state index in [1.807, 2.05) is 19.1 Å². The number of rotatable bonds is 8. The molecule has 1 atom stereocenters. The largest absolute Gasteiger partial charge is 0.466 e. The number of benzene rings is 1. The van der Waals surface area contributed by atoms with Crippen LogP contribution in [0.25, 0.3) is 0 Å². The summed E-state index contributed by atoms with van der Waals surface area (Å²) in [4.78, 5) is 13.2. The fourth-order valence-corrected chi connectivity index (χ4v) is 6.17. The molecule has 0 amide bonds. The third-order valence-electron chi connectivity index (χ3n) is 6.20. The summed E-state index contributed by atoms with van der Waals surface area (Å²) in [6.07, 6.45) is 6.24. The Labute approximate surface area is 167 Å². The van der Waals surface area contributed by atoms with Crippen LogP contribution < -0.4 is 0 Å². The maximum Gasteiger partial charge on any atom is 0.313 e. The highest BCUT2D eigenvalue weighted by Gasteiger charge is 2.41. The van der Waals surface area contributed by atoms with E-state index in [2.05, 4.69) is 0 Å². The van der Waals surface area contributed by atoms with Gasteiger partial charge in [0.05, 0.1) is 22.7 Å². The van der Waals surface area contributed by atoms with Crippen molar-refractivity contribution >= 4 is 15.8 Å². The molecule has 6 heteroatoms. The van der Waals surface area contributed by atoms with E-state index in [1.54, 1.807) is 6.07 Å². The van der Waals surface area contributed by atoms with Gasteiger partial charge in [-0.3, -0.25) is 4.79 Å². The number of sulfone groups is 1. The summed E-state index contributed by atoms with van der Waals surface area (Å²) >= 11 is 0. The Morgan fingerprint density at radius 1 is 1.14 bits per heavy atom. The molecule has 28 heavy (non-hydrogen) atoms. The second kappa shape index (κ2) is 8.15. The minimum atomic E-state index is -3.23. The molecule has 2 saturated carbocycles. The first-order valence-corrected chi connectivity index (χ1v) is 12.2. The first-order valence-electron chi connectivity index (χ1n) is 10.6. The van der Waals surface area contributed by atoms with Gasteiger partial charge < -0.3 is 9.47 Å². The second-order valence-corrected chi connectivity index (χ2v) is 10.6. The average molecular weight is 407 g/mol. The van der Waals surface area contributed by atoms with Crippen LogP contribution in [0.5, 0.6) is 0 Å². The van der Waals surface area contributed by atoms with Crippen molar-refractivity contribution in [3.63, 3.8) is 0 Å². The molecule has 0 N–H and O–H groups in total. The molecule has 1 aromatic rings. The average Bonchev–Trinajstić information content (AvgIpc) is 3.58. The zero-order chi connectivity index (χ0) is 19.7. The summed E-state index contributed by atoms with van der Waals surface area (Å²) in [5.41, 5.74) is 1.83. The van der Waals surface area contributed by atoms with Crippen molar-refractivity contribution in [1.29, 1.82) is 0 Å². The van der Waals surface area contributed by atoms with Crippen molar-refractivity contribution < 1.29 is 22.7 Å². The molecule has 4 rings (SSSR count). The van der Waals surface area contributed by atoms with Crippen LogP contribution in [0.4, 0.5) is 0 Å². The van der Waals surface area contributed by atoms with Crippen LogP contribution in [0.15, 0.2) is 23.1 Å². The van der Waals surface area contributed by atoms with E-state index in [0.29, 0.717) is 23.3 Å². The topological polar surface area (TPSA) is 69.7 Å². The molecule has 0 aromatic heterocycles. The van der Waals surface area contributed by atoms with Gasteiger partial charge in [-0.05, 0) is 80.9 Å². The quantitative estimate of drug-likeness (QED) is 0.611. The summed E-state index contributed by atoms with van der Waals surface area (Å²) in [5, 5.41) is -0.209. The van der Waals surface area contributed by atoms with Gasteiger partial charge in [0.1, 0.15) is 0 Å². The summed E-state index contributed by atoms with van der Waals surface area (Å²) in [6.45, 7) is 3.66. The highest BCUT2D eigenvalue weighted by molar-refractivity contribution is 7.92. The van der Waals surface area contributed by atoms with Crippen LogP contribution in [-0.4, -0.2) is 39.5 Å². The van der Waals surface area contributed by atoms with Gasteiger partial charge in [0.15, 0.2) is 9.84 Å². The molecule has 0 radical (unpaired) electrons. The molecule has 3 aliphatic rings. The lowest BCUT2D eigenvalue weighted by molar-refractivity contribution is -0.145. The van der Waals surface area contributed by atoms with Gasteiger partial charge in [0.2, 0.25) is 0 Å². The van der Waals surface area contributed by atoms with E-state index in [1.165, 1.54) is 0 Å². The van der Waals surface area contributed by atoms with Crippen molar-refractivity contribution in [3.05, 3.63) is 29.3 Å². The van der Waals surface area contributed by atoms with Crippen LogP contribution in [0.2, 0.25) is 0 Å². The van der Waals surface area contributed by atoms with E-state index in [4.69, 9.17) is 9.47 Å². The number of carbonyl (C=O) groups is 1. The molecular formula is C22H30O5S. The molecule has 1 aromatic carbocycles. The van der Waals surface area contributed by atoms with Gasteiger partial charge in [-0.15, -0.1) is 0 Å². The molecule has 0 bridgehead atoms. The molecule has 1 unspecified atom stereocenters. The maximum absolute atomic E-state index is 12.9. The van der Waals surface area contributed by atoms with E-state index in [-0.39, 0.29) is 17.1 Å². The third-order valence-corrected chi connectivity index (χ3v) is 8.54. The lowest BCUT2D eigenvalue weighted by Crippen LogP contribution is -2.23. The van der Waals surface area contributed by atoms with Crippen LogP contribution in [0.1, 0.15) is 74.8 Å². The molecule has 2 aliphatic carbocycles. The lowest BCUT2D eigenvalue weighted by atomic mass is 9.84. The van der Waals surface area contributed by atoms with Gasteiger partial charge >= 0.3 is 5.97 Å². The Kier molecular flexibility index (Phi) is 5.79. The smallest absolute Gasteiger partial charge is 0.313 e. The zero-order valence-electron chi connectivity index (χ0n) is 16.6. The Morgan fingerprint density at radius 3 is 2.46 bits per heavy atom. The first kappa shape index (κ1) is 19.9. The number of ether oxygens (including phenoxy) is 2. The maximum atomic E-state index is 12.9. The molecule has 1 saturated heterocycles. The third kappa shape index (κ3) is 4.28. The van der Waals surface area contributed by atoms with Crippen molar-refractivity contribution in [1.82, 2.24) is 0 Å². The minimum Gasteiger partial charge on any atom is -0.466 e. The standard InChI is InChI=1S/C22H30O5S/c1-2-27-22(23)20(13-15-9-11-26-12-10-15)17-5-8-21(19(14-17)16-3-4-16)28(24,25)18-6-7-18/h5,8,14-16,18,20H,2-4,6-7,9-13H2,1H3. The van der Waals surface area contributed by atoms with Gasteiger partial charge in [0.25, 0.3) is 0 Å². The summed E-state index contributed by atoms with van der Waals surface area (Å²) in [6, 6.07) is 5.60. The van der Waals surface area contributed by atoms with Crippen molar-refractivity contribution in [2.75, 3.05) is 19.8 Å².